The van der Waals surface area contributed by atoms with Gasteiger partial charge in [-0.1, -0.05) is 6.07 Å². The fraction of sp³-hybridized carbons (Fsp3) is 0.300. The van der Waals surface area contributed by atoms with E-state index >= 15 is 0 Å². The van der Waals surface area contributed by atoms with Crippen molar-refractivity contribution in [2.24, 2.45) is 0 Å². The zero-order chi connectivity index (χ0) is 10.1. The van der Waals surface area contributed by atoms with E-state index in [2.05, 4.69) is 0 Å². The van der Waals surface area contributed by atoms with Gasteiger partial charge >= 0.3 is 5.97 Å². The van der Waals surface area contributed by atoms with Crippen molar-refractivity contribution in [1.82, 2.24) is 0 Å². The van der Waals surface area contributed by atoms with Crippen molar-refractivity contribution >= 4 is 5.97 Å². The van der Waals surface area contributed by atoms with Gasteiger partial charge in [-0.2, -0.15) is 0 Å². The van der Waals surface area contributed by atoms with Gasteiger partial charge in [-0.15, -0.1) is 0 Å². The Bertz CT molecular complexity index is 372. The molecule has 0 aromatic heterocycles. The van der Waals surface area contributed by atoms with Crippen molar-refractivity contribution in [1.29, 1.82) is 0 Å². The van der Waals surface area contributed by atoms with Gasteiger partial charge in [0, 0.05) is 0 Å². The quantitative estimate of drug-likeness (QED) is 0.804. The van der Waals surface area contributed by atoms with Gasteiger partial charge in [-0.05, 0) is 25.0 Å². The van der Waals surface area contributed by atoms with Gasteiger partial charge in [0.25, 0.3) is 0 Å². The summed E-state index contributed by atoms with van der Waals surface area (Å²) >= 11 is 0. The lowest BCUT2D eigenvalue weighted by Gasteiger charge is -2.06. The largest absolute Gasteiger partial charge is 0.487 e. The maximum atomic E-state index is 13.4. The molecule has 1 saturated carbocycles. The minimum absolute atomic E-state index is 0.0346. The fourth-order valence-electron chi connectivity index (χ4n) is 1.13. The number of aromatic carboxylic acids is 1. The second kappa shape index (κ2) is 3.29. The average Bonchev–Trinajstić information content (AvgIpc) is 2.92. The van der Waals surface area contributed by atoms with Gasteiger partial charge in [0.05, 0.1) is 11.7 Å². The molecule has 1 N–H and O–H groups in total. The van der Waals surface area contributed by atoms with Crippen LogP contribution in [0.2, 0.25) is 0 Å². The molecule has 0 aliphatic heterocycles. The Morgan fingerprint density at radius 3 is 2.79 bits per heavy atom. The monoisotopic (exact) mass is 196 g/mol. The van der Waals surface area contributed by atoms with Crippen LogP contribution in [0, 0.1) is 5.82 Å². The van der Waals surface area contributed by atoms with Crippen molar-refractivity contribution in [3.63, 3.8) is 0 Å². The molecule has 1 fully saturated rings. The first-order chi connectivity index (χ1) is 6.68. The molecule has 14 heavy (non-hydrogen) atoms. The molecule has 4 heteroatoms. The molecule has 1 aliphatic carbocycles. The third kappa shape index (κ3) is 1.69. The lowest BCUT2D eigenvalue weighted by Crippen LogP contribution is -2.04. The van der Waals surface area contributed by atoms with Crippen molar-refractivity contribution in [2.45, 2.75) is 18.9 Å². The van der Waals surface area contributed by atoms with Gasteiger partial charge in [0.2, 0.25) is 0 Å². The second-order valence-electron chi connectivity index (χ2n) is 3.24. The first kappa shape index (κ1) is 8.99. The van der Waals surface area contributed by atoms with E-state index in [4.69, 9.17) is 9.84 Å². The maximum Gasteiger partial charge on any atom is 0.338 e. The van der Waals surface area contributed by atoms with Gasteiger partial charge in [-0.25, -0.2) is 9.18 Å². The van der Waals surface area contributed by atoms with E-state index in [9.17, 15) is 9.18 Å². The molecule has 0 atom stereocenters. The Balaban J connectivity index is 2.30. The molecule has 74 valence electrons. The van der Waals surface area contributed by atoms with E-state index < -0.39 is 11.8 Å². The number of rotatable bonds is 3. The van der Waals surface area contributed by atoms with Crippen LogP contribution in [0.1, 0.15) is 23.2 Å². The summed E-state index contributed by atoms with van der Waals surface area (Å²) < 4.78 is 18.6. The summed E-state index contributed by atoms with van der Waals surface area (Å²) in [4.78, 5) is 10.6. The predicted molar refractivity (Wildman–Crippen MR) is 47.0 cm³/mol. The van der Waals surface area contributed by atoms with Crippen LogP contribution in [0.4, 0.5) is 4.39 Å². The van der Waals surface area contributed by atoms with E-state index in [0.29, 0.717) is 0 Å². The third-order valence-electron chi connectivity index (χ3n) is 2.01. The summed E-state index contributed by atoms with van der Waals surface area (Å²) in [6.07, 6.45) is 1.89. The number of carbonyl (C=O) groups is 1. The molecular formula is C10H9FO3. The zero-order valence-corrected chi connectivity index (χ0v) is 7.37. The number of halogens is 1. The second-order valence-corrected chi connectivity index (χ2v) is 3.24. The first-order valence-electron chi connectivity index (χ1n) is 4.37. The molecule has 2 rings (SSSR count). The smallest absolute Gasteiger partial charge is 0.338 e. The molecule has 0 unspecified atom stereocenters. The predicted octanol–water partition coefficient (Wildman–Crippen LogP) is 2.07. The molecular weight excluding hydrogens is 187 g/mol. The summed E-state index contributed by atoms with van der Waals surface area (Å²) in [5, 5.41) is 8.64. The number of carboxylic acids is 1. The third-order valence-corrected chi connectivity index (χ3v) is 2.01. The van der Waals surface area contributed by atoms with Gasteiger partial charge in [-0.3, -0.25) is 0 Å². The molecule has 0 radical (unpaired) electrons. The van der Waals surface area contributed by atoms with Crippen LogP contribution in [0.15, 0.2) is 18.2 Å². The summed E-state index contributed by atoms with van der Waals surface area (Å²) in [7, 11) is 0. The van der Waals surface area contributed by atoms with Crippen LogP contribution >= 0.6 is 0 Å². The summed E-state index contributed by atoms with van der Waals surface area (Å²) in [5.74, 6) is -2.02. The molecule has 0 bridgehead atoms. The van der Waals surface area contributed by atoms with Crippen LogP contribution < -0.4 is 4.74 Å². The van der Waals surface area contributed by atoms with Crippen LogP contribution in [0.5, 0.6) is 5.75 Å². The van der Waals surface area contributed by atoms with E-state index in [1.807, 2.05) is 0 Å². The molecule has 1 aromatic carbocycles. The van der Waals surface area contributed by atoms with E-state index in [-0.39, 0.29) is 17.4 Å². The summed E-state index contributed by atoms with van der Waals surface area (Å²) in [6.45, 7) is 0. The van der Waals surface area contributed by atoms with Crippen LogP contribution in [-0.2, 0) is 0 Å². The van der Waals surface area contributed by atoms with Gasteiger partial charge in [0.1, 0.15) is 0 Å². The van der Waals surface area contributed by atoms with E-state index in [1.54, 1.807) is 0 Å². The van der Waals surface area contributed by atoms with Gasteiger partial charge in [0.15, 0.2) is 11.6 Å². The van der Waals surface area contributed by atoms with Gasteiger partial charge < -0.3 is 9.84 Å². The first-order valence-corrected chi connectivity index (χ1v) is 4.37. The zero-order valence-electron chi connectivity index (χ0n) is 7.37. The standard InChI is InChI=1S/C10H9FO3/c11-9-7(10(12)13)2-1-3-8(9)14-6-4-5-6/h1-3,6H,4-5H2,(H,12,13). The Kier molecular flexibility index (Phi) is 2.11. The highest BCUT2D eigenvalue weighted by Crippen LogP contribution is 2.29. The van der Waals surface area contributed by atoms with Crippen LogP contribution in [0.25, 0.3) is 0 Å². The van der Waals surface area contributed by atoms with Crippen molar-refractivity contribution in [3.8, 4) is 5.75 Å². The minimum Gasteiger partial charge on any atom is -0.487 e. The SMILES string of the molecule is O=C(O)c1cccc(OC2CC2)c1F. The van der Waals surface area contributed by atoms with E-state index in [1.165, 1.54) is 18.2 Å². The highest BCUT2D eigenvalue weighted by Gasteiger charge is 2.25. The lowest BCUT2D eigenvalue weighted by atomic mass is 10.2. The Morgan fingerprint density at radius 1 is 1.50 bits per heavy atom. The lowest BCUT2D eigenvalue weighted by molar-refractivity contribution is 0.0690. The number of carboxylic acid groups (broad SMARTS) is 1. The normalized spacial score (nSPS) is 15.2. The summed E-state index contributed by atoms with van der Waals surface area (Å²) in [5.41, 5.74) is -0.344. The fourth-order valence-corrected chi connectivity index (χ4v) is 1.13. The van der Waals surface area contributed by atoms with Crippen LogP contribution in [0.3, 0.4) is 0 Å². The average molecular weight is 196 g/mol. The molecule has 3 nitrogen and oxygen atoms in total. The molecule has 1 aliphatic rings. The number of hydrogen-bond donors (Lipinski definition) is 1. The highest BCUT2D eigenvalue weighted by atomic mass is 19.1. The molecule has 0 heterocycles. The number of hydrogen-bond acceptors (Lipinski definition) is 2. The van der Waals surface area contributed by atoms with Crippen molar-refractivity contribution in [2.75, 3.05) is 0 Å². The minimum atomic E-state index is -1.27. The highest BCUT2D eigenvalue weighted by molar-refractivity contribution is 5.88. The Labute approximate surface area is 80.1 Å². The molecule has 0 spiro atoms. The molecule has 0 saturated heterocycles. The maximum absolute atomic E-state index is 13.4. The topological polar surface area (TPSA) is 46.5 Å². The van der Waals surface area contributed by atoms with Crippen molar-refractivity contribution in [3.05, 3.63) is 29.6 Å². The Morgan fingerprint density at radius 2 is 2.21 bits per heavy atom. The Hall–Kier alpha value is -1.58. The number of benzene rings is 1. The molecule has 1 aromatic rings. The number of ether oxygens (including phenoxy) is 1. The van der Waals surface area contributed by atoms with Crippen LogP contribution in [-0.4, -0.2) is 17.2 Å². The van der Waals surface area contributed by atoms with Crippen molar-refractivity contribution < 1.29 is 19.0 Å². The molecule has 0 amide bonds. The summed E-state index contributed by atoms with van der Waals surface area (Å²) in [6, 6.07) is 4.14. The van der Waals surface area contributed by atoms with E-state index in [0.717, 1.165) is 12.8 Å².